The summed E-state index contributed by atoms with van der Waals surface area (Å²) < 4.78 is 10.6. The summed E-state index contributed by atoms with van der Waals surface area (Å²) in [6.45, 7) is 3.26. The number of ether oxygens (including phenoxy) is 2. The van der Waals surface area contributed by atoms with Crippen LogP contribution in [0.3, 0.4) is 0 Å². The minimum atomic E-state index is 0.399. The number of nitrogens with two attached hydrogens (primary N) is 1. The Morgan fingerprint density at radius 1 is 1.13 bits per heavy atom. The van der Waals surface area contributed by atoms with Crippen molar-refractivity contribution >= 4 is 11.6 Å². The lowest BCUT2D eigenvalue weighted by atomic mass is 10.1. The Labute approximate surface area is 137 Å². The highest BCUT2D eigenvalue weighted by Gasteiger charge is 1.98. The third-order valence-corrected chi connectivity index (χ3v) is 3.25. The molecule has 23 heavy (non-hydrogen) atoms. The highest BCUT2D eigenvalue weighted by atomic mass is 16.5. The van der Waals surface area contributed by atoms with E-state index in [1.165, 1.54) is 5.56 Å². The average molecular weight is 313 g/mol. The summed E-state index contributed by atoms with van der Waals surface area (Å²) >= 11 is 0. The zero-order chi connectivity index (χ0) is 16.5. The van der Waals surface area contributed by atoms with Crippen LogP contribution in [0.25, 0.3) is 0 Å². The number of nitrogens with one attached hydrogen (secondary N) is 1. The monoisotopic (exact) mass is 313 g/mol. The molecule has 5 nitrogen and oxygen atoms in total. The second-order valence-corrected chi connectivity index (χ2v) is 4.95. The van der Waals surface area contributed by atoms with Gasteiger partial charge in [0.1, 0.15) is 11.5 Å². The van der Waals surface area contributed by atoms with Crippen molar-refractivity contribution in [1.82, 2.24) is 0 Å². The summed E-state index contributed by atoms with van der Waals surface area (Å²) in [6, 6.07) is 15.6. The Morgan fingerprint density at radius 3 is 2.61 bits per heavy atom. The number of rotatable bonds is 7. The molecule has 0 saturated heterocycles. The number of nitrogens with zero attached hydrogens (tertiary/aromatic N) is 1. The smallest absolute Gasteiger partial charge is 0.193 e. The molecule has 2 aromatic rings. The minimum Gasteiger partial charge on any atom is -0.497 e. The molecule has 0 amide bonds. The number of methoxy groups -OCH3 is 1. The van der Waals surface area contributed by atoms with Gasteiger partial charge in [-0.2, -0.15) is 0 Å². The number of anilines is 1. The molecule has 0 bridgehead atoms. The summed E-state index contributed by atoms with van der Waals surface area (Å²) in [7, 11) is 1.64. The molecule has 0 radical (unpaired) electrons. The normalized spacial score (nSPS) is 11.1. The summed E-state index contributed by atoms with van der Waals surface area (Å²) in [4.78, 5) is 4.34. The molecule has 0 aliphatic rings. The van der Waals surface area contributed by atoms with Crippen LogP contribution in [0, 0.1) is 0 Å². The van der Waals surface area contributed by atoms with E-state index in [9.17, 15) is 0 Å². The highest BCUT2D eigenvalue weighted by molar-refractivity contribution is 5.92. The maximum absolute atomic E-state index is 5.90. The van der Waals surface area contributed by atoms with Gasteiger partial charge in [-0.15, -0.1) is 0 Å². The Hall–Kier alpha value is -2.69. The van der Waals surface area contributed by atoms with E-state index in [0.717, 1.165) is 23.6 Å². The molecule has 0 aromatic heterocycles. The zero-order valence-corrected chi connectivity index (χ0v) is 13.6. The van der Waals surface area contributed by atoms with Gasteiger partial charge < -0.3 is 20.5 Å². The average Bonchev–Trinajstić information content (AvgIpc) is 2.56. The fraction of sp³-hybridized carbons (Fsp3) is 0.278. The van der Waals surface area contributed by atoms with Crippen LogP contribution in [0.2, 0.25) is 0 Å². The Morgan fingerprint density at radius 2 is 1.91 bits per heavy atom. The van der Waals surface area contributed by atoms with Crippen molar-refractivity contribution in [2.24, 2.45) is 10.7 Å². The van der Waals surface area contributed by atoms with Crippen molar-refractivity contribution in [3.8, 4) is 11.5 Å². The lowest BCUT2D eigenvalue weighted by Crippen LogP contribution is -2.23. The van der Waals surface area contributed by atoms with Gasteiger partial charge in [-0.25, -0.2) is 0 Å². The molecule has 0 heterocycles. The van der Waals surface area contributed by atoms with Crippen LogP contribution in [-0.4, -0.2) is 26.2 Å². The maximum atomic E-state index is 5.90. The first-order chi connectivity index (χ1) is 11.2. The van der Waals surface area contributed by atoms with E-state index in [1.54, 1.807) is 7.11 Å². The molecule has 0 spiro atoms. The van der Waals surface area contributed by atoms with E-state index < -0.39 is 0 Å². The van der Waals surface area contributed by atoms with Crippen LogP contribution in [0.5, 0.6) is 11.5 Å². The van der Waals surface area contributed by atoms with Crippen LogP contribution < -0.4 is 20.5 Å². The molecule has 0 aliphatic heterocycles. The van der Waals surface area contributed by atoms with Gasteiger partial charge >= 0.3 is 0 Å². The van der Waals surface area contributed by atoms with Crippen molar-refractivity contribution in [3.05, 3.63) is 54.1 Å². The highest BCUT2D eigenvalue weighted by Crippen LogP contribution is 2.15. The van der Waals surface area contributed by atoms with Crippen LogP contribution in [0.1, 0.15) is 12.5 Å². The molecule has 2 aromatic carbocycles. The van der Waals surface area contributed by atoms with Gasteiger partial charge in [0.05, 0.1) is 13.7 Å². The topological polar surface area (TPSA) is 68.9 Å². The molecule has 0 aliphatic carbocycles. The molecule has 0 fully saturated rings. The fourth-order valence-corrected chi connectivity index (χ4v) is 2.12. The Balaban J connectivity index is 1.85. The van der Waals surface area contributed by atoms with Crippen molar-refractivity contribution in [1.29, 1.82) is 0 Å². The second kappa shape index (κ2) is 8.68. The summed E-state index contributed by atoms with van der Waals surface area (Å²) in [6.07, 6.45) is 0.811. The third kappa shape index (κ3) is 5.54. The van der Waals surface area contributed by atoms with Gasteiger partial charge in [-0.1, -0.05) is 12.1 Å². The van der Waals surface area contributed by atoms with E-state index >= 15 is 0 Å². The van der Waals surface area contributed by atoms with Gasteiger partial charge in [0.2, 0.25) is 0 Å². The van der Waals surface area contributed by atoms with E-state index in [4.69, 9.17) is 15.2 Å². The van der Waals surface area contributed by atoms with E-state index in [0.29, 0.717) is 19.1 Å². The largest absolute Gasteiger partial charge is 0.497 e. The van der Waals surface area contributed by atoms with Crippen LogP contribution in [0.4, 0.5) is 5.69 Å². The lowest BCUT2D eigenvalue weighted by Gasteiger charge is -2.07. The molecule has 122 valence electrons. The SMILES string of the molecule is CCOc1cccc(CCN=C(N)Nc2ccc(OC)cc2)c1. The fourth-order valence-electron chi connectivity index (χ4n) is 2.12. The number of guanidine groups is 1. The second-order valence-electron chi connectivity index (χ2n) is 4.95. The summed E-state index contributed by atoms with van der Waals surface area (Å²) in [5.74, 6) is 2.09. The van der Waals surface area contributed by atoms with Gasteiger partial charge in [0.15, 0.2) is 5.96 Å². The van der Waals surface area contributed by atoms with Crippen LogP contribution in [-0.2, 0) is 6.42 Å². The molecule has 0 atom stereocenters. The zero-order valence-electron chi connectivity index (χ0n) is 13.6. The van der Waals surface area contributed by atoms with Gasteiger partial charge in [-0.3, -0.25) is 4.99 Å². The first-order valence-corrected chi connectivity index (χ1v) is 7.64. The van der Waals surface area contributed by atoms with Gasteiger partial charge in [0, 0.05) is 12.2 Å². The van der Waals surface area contributed by atoms with Crippen LogP contribution in [0.15, 0.2) is 53.5 Å². The molecule has 2 rings (SSSR count). The molecule has 0 saturated carbocycles. The maximum Gasteiger partial charge on any atom is 0.193 e. The molecule has 5 heteroatoms. The predicted molar refractivity (Wildman–Crippen MR) is 94.4 cm³/mol. The number of benzene rings is 2. The summed E-state index contributed by atoms with van der Waals surface area (Å²) in [5.41, 5.74) is 7.96. The van der Waals surface area contributed by atoms with Crippen molar-refractivity contribution in [2.45, 2.75) is 13.3 Å². The Bertz CT molecular complexity index is 639. The van der Waals surface area contributed by atoms with Crippen molar-refractivity contribution < 1.29 is 9.47 Å². The van der Waals surface area contributed by atoms with E-state index in [-0.39, 0.29) is 0 Å². The number of hydrogen-bond acceptors (Lipinski definition) is 3. The third-order valence-electron chi connectivity index (χ3n) is 3.25. The quantitative estimate of drug-likeness (QED) is 0.609. The minimum absolute atomic E-state index is 0.399. The predicted octanol–water partition coefficient (Wildman–Crippen LogP) is 3.06. The van der Waals surface area contributed by atoms with E-state index in [2.05, 4.69) is 16.4 Å². The van der Waals surface area contributed by atoms with Crippen molar-refractivity contribution in [2.75, 3.05) is 25.6 Å². The number of hydrogen-bond donors (Lipinski definition) is 2. The first kappa shape index (κ1) is 16.7. The Kier molecular flexibility index (Phi) is 6.29. The molecule has 3 N–H and O–H groups in total. The van der Waals surface area contributed by atoms with Crippen LogP contribution >= 0.6 is 0 Å². The standard InChI is InChI=1S/C18H23N3O2/c1-3-23-17-6-4-5-14(13-17)11-12-20-18(19)21-15-7-9-16(22-2)10-8-15/h4-10,13H,3,11-12H2,1-2H3,(H3,19,20,21). The molecular formula is C18H23N3O2. The van der Waals surface area contributed by atoms with E-state index in [1.807, 2.05) is 49.4 Å². The molecular weight excluding hydrogens is 290 g/mol. The van der Waals surface area contributed by atoms with Gasteiger partial charge in [-0.05, 0) is 55.3 Å². The molecule has 0 unspecified atom stereocenters. The summed E-state index contributed by atoms with van der Waals surface area (Å²) in [5, 5.41) is 3.06. The van der Waals surface area contributed by atoms with Crippen molar-refractivity contribution in [3.63, 3.8) is 0 Å². The first-order valence-electron chi connectivity index (χ1n) is 7.64. The van der Waals surface area contributed by atoms with Gasteiger partial charge in [0.25, 0.3) is 0 Å². The number of aliphatic imine (C=N–C) groups is 1. The lowest BCUT2D eigenvalue weighted by molar-refractivity contribution is 0.340.